The van der Waals surface area contributed by atoms with Crippen LogP contribution in [0.4, 0.5) is 0 Å². The first-order chi connectivity index (χ1) is 9.54. The highest BCUT2D eigenvalue weighted by Crippen LogP contribution is 2.56. The minimum absolute atomic E-state index is 0.249. The maximum absolute atomic E-state index is 12.8. The van der Waals surface area contributed by atoms with Gasteiger partial charge < -0.3 is 10.0 Å². The van der Waals surface area contributed by atoms with Crippen molar-refractivity contribution < 1.29 is 9.90 Å². The van der Waals surface area contributed by atoms with Crippen LogP contribution in [-0.2, 0) is 4.79 Å². The van der Waals surface area contributed by atoms with Crippen molar-refractivity contribution in [3.63, 3.8) is 0 Å². The molecular formula is C17H25NO2. The molecule has 3 nitrogen and oxygen atoms in total. The lowest BCUT2D eigenvalue weighted by Crippen LogP contribution is -2.39. The van der Waals surface area contributed by atoms with Gasteiger partial charge >= 0.3 is 0 Å². The zero-order valence-corrected chi connectivity index (χ0v) is 12.6. The molecule has 0 aromatic carbocycles. The van der Waals surface area contributed by atoms with Crippen molar-refractivity contribution in [2.24, 2.45) is 11.3 Å². The summed E-state index contributed by atoms with van der Waals surface area (Å²) in [7, 11) is 2.14. The molecule has 1 saturated carbocycles. The third-order valence-corrected chi connectivity index (χ3v) is 5.45. The molecule has 3 heteroatoms. The second-order valence-electron chi connectivity index (χ2n) is 6.83. The summed E-state index contributed by atoms with van der Waals surface area (Å²) in [5.74, 6) is 0.559. The zero-order chi connectivity index (χ0) is 14.3. The molecule has 1 heterocycles. The average molecular weight is 275 g/mol. The number of allylic oxidation sites excluding steroid dienone is 2. The summed E-state index contributed by atoms with van der Waals surface area (Å²) >= 11 is 0. The van der Waals surface area contributed by atoms with Gasteiger partial charge in [0, 0.05) is 6.54 Å². The van der Waals surface area contributed by atoms with Crippen molar-refractivity contribution in [3.8, 4) is 0 Å². The van der Waals surface area contributed by atoms with Crippen molar-refractivity contribution >= 4 is 5.78 Å². The van der Waals surface area contributed by atoms with Crippen LogP contribution in [0.5, 0.6) is 0 Å². The molecule has 0 aromatic rings. The van der Waals surface area contributed by atoms with Gasteiger partial charge in [-0.3, -0.25) is 4.79 Å². The normalized spacial score (nSPS) is 41.6. The van der Waals surface area contributed by atoms with Gasteiger partial charge in [-0.25, -0.2) is 0 Å². The van der Waals surface area contributed by atoms with Crippen molar-refractivity contribution in [1.82, 2.24) is 4.90 Å². The summed E-state index contributed by atoms with van der Waals surface area (Å²) in [5.41, 5.74) is 1.83. The number of carbonyl (C=O) groups excluding carboxylic acids is 1. The molecule has 3 rings (SSSR count). The van der Waals surface area contributed by atoms with Crippen LogP contribution in [0.1, 0.15) is 39.0 Å². The molecule has 1 fully saturated rings. The van der Waals surface area contributed by atoms with E-state index in [0.29, 0.717) is 5.92 Å². The molecule has 2 aliphatic carbocycles. The molecule has 0 bridgehead atoms. The van der Waals surface area contributed by atoms with E-state index in [1.807, 2.05) is 13.0 Å². The third-order valence-electron chi connectivity index (χ3n) is 5.45. The van der Waals surface area contributed by atoms with Crippen LogP contribution in [-0.4, -0.2) is 42.0 Å². The molecule has 3 unspecified atom stereocenters. The summed E-state index contributed by atoms with van der Waals surface area (Å²) in [6.45, 7) is 4.10. The van der Waals surface area contributed by atoms with E-state index < -0.39 is 6.10 Å². The number of hydrogen-bond donors (Lipinski definition) is 1. The average Bonchev–Trinajstić information content (AvgIpc) is 2.67. The fourth-order valence-electron chi connectivity index (χ4n) is 4.50. The molecular weight excluding hydrogens is 250 g/mol. The van der Waals surface area contributed by atoms with Crippen LogP contribution in [0, 0.1) is 11.3 Å². The number of nitrogens with zero attached hydrogens (tertiary/aromatic N) is 1. The smallest absolute Gasteiger partial charge is 0.166 e. The van der Waals surface area contributed by atoms with Crippen LogP contribution in [0.25, 0.3) is 0 Å². The molecule has 1 spiro atoms. The monoisotopic (exact) mass is 275 g/mol. The summed E-state index contributed by atoms with van der Waals surface area (Å²) in [6, 6.07) is 0. The predicted molar refractivity (Wildman–Crippen MR) is 79.4 cm³/mol. The highest BCUT2D eigenvalue weighted by Gasteiger charge is 2.55. The van der Waals surface area contributed by atoms with Gasteiger partial charge in [-0.1, -0.05) is 11.6 Å². The Labute approximate surface area is 121 Å². The lowest BCUT2D eigenvalue weighted by atomic mass is 9.64. The molecule has 110 valence electrons. The van der Waals surface area contributed by atoms with Gasteiger partial charge in [-0.15, -0.1) is 0 Å². The fraction of sp³-hybridized carbons (Fsp3) is 0.706. The largest absolute Gasteiger partial charge is 0.389 e. The molecule has 3 aliphatic rings. The highest BCUT2D eigenvalue weighted by atomic mass is 16.3. The molecule has 0 amide bonds. The molecule has 3 atom stereocenters. The van der Waals surface area contributed by atoms with E-state index in [1.165, 1.54) is 5.57 Å². The molecule has 0 aromatic heterocycles. The Morgan fingerprint density at radius 2 is 2.20 bits per heavy atom. The van der Waals surface area contributed by atoms with Gasteiger partial charge in [0.1, 0.15) is 0 Å². The fourth-order valence-corrected chi connectivity index (χ4v) is 4.50. The number of rotatable bonds is 0. The Kier molecular flexibility index (Phi) is 3.59. The molecule has 1 aliphatic heterocycles. The number of aliphatic hydroxyl groups excluding tert-OH is 1. The van der Waals surface area contributed by atoms with Crippen LogP contribution >= 0.6 is 0 Å². The minimum Gasteiger partial charge on any atom is -0.389 e. The first-order valence-corrected chi connectivity index (χ1v) is 7.83. The Balaban J connectivity index is 2.03. The second-order valence-corrected chi connectivity index (χ2v) is 6.83. The Hall–Kier alpha value is -0.930. The molecule has 0 radical (unpaired) electrons. The Morgan fingerprint density at radius 3 is 3.00 bits per heavy atom. The summed E-state index contributed by atoms with van der Waals surface area (Å²) in [5, 5.41) is 10.5. The highest BCUT2D eigenvalue weighted by molar-refractivity contribution is 5.99. The molecule has 20 heavy (non-hydrogen) atoms. The number of carbonyl (C=O) groups is 1. The lowest BCUT2D eigenvalue weighted by Gasteiger charge is -2.38. The van der Waals surface area contributed by atoms with Gasteiger partial charge in [0.05, 0.1) is 11.5 Å². The van der Waals surface area contributed by atoms with E-state index in [-0.39, 0.29) is 11.2 Å². The summed E-state index contributed by atoms with van der Waals surface area (Å²) in [4.78, 5) is 15.1. The van der Waals surface area contributed by atoms with Gasteiger partial charge in [-0.2, -0.15) is 0 Å². The van der Waals surface area contributed by atoms with Gasteiger partial charge in [-0.05, 0) is 70.2 Å². The van der Waals surface area contributed by atoms with Gasteiger partial charge in [0.2, 0.25) is 0 Å². The van der Waals surface area contributed by atoms with E-state index in [0.717, 1.165) is 50.8 Å². The molecule has 0 saturated heterocycles. The first kappa shape index (κ1) is 14.0. The number of ketones is 1. The maximum atomic E-state index is 12.8. The van der Waals surface area contributed by atoms with E-state index in [2.05, 4.69) is 18.0 Å². The summed E-state index contributed by atoms with van der Waals surface area (Å²) in [6.07, 6.45) is 8.19. The van der Waals surface area contributed by atoms with Crippen molar-refractivity contribution in [1.29, 1.82) is 0 Å². The van der Waals surface area contributed by atoms with Crippen molar-refractivity contribution in [2.75, 3.05) is 20.1 Å². The second kappa shape index (κ2) is 5.12. The Bertz CT molecular complexity index is 479. The third kappa shape index (κ3) is 2.08. The zero-order valence-electron chi connectivity index (χ0n) is 12.6. The maximum Gasteiger partial charge on any atom is 0.166 e. The van der Waals surface area contributed by atoms with Gasteiger partial charge in [0.15, 0.2) is 5.78 Å². The molecule has 1 N–H and O–H groups in total. The van der Waals surface area contributed by atoms with Crippen LogP contribution in [0.3, 0.4) is 0 Å². The van der Waals surface area contributed by atoms with Crippen LogP contribution < -0.4 is 0 Å². The number of hydrogen-bond acceptors (Lipinski definition) is 3. The van der Waals surface area contributed by atoms with Crippen LogP contribution in [0.2, 0.25) is 0 Å². The Morgan fingerprint density at radius 1 is 1.40 bits per heavy atom. The number of aliphatic hydroxyl groups is 1. The standard InChI is InChI=1S/C17H25NO2/c1-12-9-13-11-15(19)14-5-3-7-18(2)8-4-6-17(13,14)16(20)10-12/h5,10,13,15,19H,3-4,6-9,11H2,1-2H3/b14-5-. The van der Waals surface area contributed by atoms with E-state index >= 15 is 0 Å². The minimum atomic E-state index is -0.411. The van der Waals surface area contributed by atoms with E-state index in [9.17, 15) is 9.90 Å². The SMILES string of the molecule is CC1=CC(=O)C23CCCN(C)CC/C=C\2C(O)CC3C1. The van der Waals surface area contributed by atoms with Gasteiger partial charge in [0.25, 0.3) is 0 Å². The summed E-state index contributed by atoms with van der Waals surface area (Å²) < 4.78 is 0. The predicted octanol–water partition coefficient (Wildman–Crippen LogP) is 2.31. The lowest BCUT2D eigenvalue weighted by molar-refractivity contribution is -0.125. The topological polar surface area (TPSA) is 40.5 Å². The van der Waals surface area contributed by atoms with Crippen LogP contribution in [0.15, 0.2) is 23.3 Å². The van der Waals surface area contributed by atoms with Crippen molar-refractivity contribution in [3.05, 3.63) is 23.3 Å². The quantitative estimate of drug-likeness (QED) is 0.690. The van der Waals surface area contributed by atoms with E-state index in [4.69, 9.17) is 0 Å². The van der Waals surface area contributed by atoms with Crippen molar-refractivity contribution in [2.45, 2.75) is 45.1 Å². The first-order valence-electron chi connectivity index (χ1n) is 7.83. The van der Waals surface area contributed by atoms with E-state index in [1.54, 1.807) is 0 Å².